The third-order valence-electron chi connectivity index (χ3n) is 3.45. The molecular formula is C14H14Br2N2S. The van der Waals surface area contributed by atoms with E-state index in [0.717, 1.165) is 21.2 Å². The average Bonchev–Trinajstić information content (AvgIpc) is 2.86. The van der Waals surface area contributed by atoms with Crippen LogP contribution in [-0.4, -0.2) is 4.98 Å². The Hall–Kier alpha value is -0.230. The Morgan fingerprint density at radius 2 is 2.32 bits per heavy atom. The molecule has 5 heteroatoms. The summed E-state index contributed by atoms with van der Waals surface area (Å²) < 4.78 is 2.05. The van der Waals surface area contributed by atoms with Gasteiger partial charge in [-0.05, 0) is 74.2 Å². The zero-order chi connectivity index (χ0) is 13.2. The number of halogens is 2. The van der Waals surface area contributed by atoms with Crippen molar-refractivity contribution in [3.63, 3.8) is 0 Å². The Kier molecular flexibility index (Phi) is 4.37. The minimum Gasteiger partial charge on any atom is -0.304 e. The number of nitrogens with one attached hydrogen (secondary N) is 1. The highest BCUT2D eigenvalue weighted by Crippen LogP contribution is 2.33. The van der Waals surface area contributed by atoms with Gasteiger partial charge >= 0.3 is 0 Å². The summed E-state index contributed by atoms with van der Waals surface area (Å²) in [5.74, 6) is 0. The lowest BCUT2D eigenvalue weighted by molar-refractivity contribution is 0.459. The number of rotatable bonds is 3. The average molecular weight is 402 g/mol. The fourth-order valence-corrected chi connectivity index (χ4v) is 4.61. The van der Waals surface area contributed by atoms with E-state index in [-0.39, 0.29) is 0 Å². The van der Waals surface area contributed by atoms with E-state index in [1.54, 1.807) is 4.88 Å². The van der Waals surface area contributed by atoms with Crippen molar-refractivity contribution in [1.82, 2.24) is 10.3 Å². The van der Waals surface area contributed by atoms with Crippen molar-refractivity contribution in [2.75, 3.05) is 0 Å². The predicted molar refractivity (Wildman–Crippen MR) is 86.5 cm³/mol. The molecule has 19 heavy (non-hydrogen) atoms. The topological polar surface area (TPSA) is 24.9 Å². The van der Waals surface area contributed by atoms with Gasteiger partial charge in [-0.2, -0.15) is 0 Å². The first-order valence-electron chi connectivity index (χ1n) is 6.33. The number of aryl methyl sites for hydroxylation is 1. The standard InChI is InChI=1S/C14H14Br2N2S/c15-9-6-11(16)13(17-7-9)8-18-12-2-1-3-14-10(12)4-5-19-14/h4-7,12,18H,1-3,8H2. The monoisotopic (exact) mass is 400 g/mol. The molecule has 1 atom stereocenters. The molecule has 0 aromatic carbocycles. The third-order valence-corrected chi connectivity index (χ3v) is 5.57. The van der Waals surface area contributed by atoms with Gasteiger partial charge in [0.25, 0.3) is 0 Å². The van der Waals surface area contributed by atoms with Gasteiger partial charge in [-0.25, -0.2) is 0 Å². The fraction of sp³-hybridized carbons (Fsp3) is 0.357. The summed E-state index contributed by atoms with van der Waals surface area (Å²) in [6, 6.07) is 4.79. The summed E-state index contributed by atoms with van der Waals surface area (Å²) in [7, 11) is 0. The molecule has 0 amide bonds. The molecule has 0 radical (unpaired) electrons. The second kappa shape index (κ2) is 6.04. The number of aromatic nitrogens is 1. The largest absolute Gasteiger partial charge is 0.304 e. The summed E-state index contributed by atoms with van der Waals surface area (Å²) in [6.07, 6.45) is 5.59. The highest BCUT2D eigenvalue weighted by molar-refractivity contribution is 9.11. The van der Waals surface area contributed by atoms with Crippen LogP contribution in [0, 0.1) is 0 Å². The van der Waals surface area contributed by atoms with Gasteiger partial charge < -0.3 is 5.32 Å². The Morgan fingerprint density at radius 3 is 3.16 bits per heavy atom. The first-order valence-corrected chi connectivity index (χ1v) is 8.80. The van der Waals surface area contributed by atoms with E-state index >= 15 is 0 Å². The summed E-state index contributed by atoms with van der Waals surface area (Å²) in [5, 5.41) is 5.85. The van der Waals surface area contributed by atoms with Gasteiger partial charge in [-0.1, -0.05) is 0 Å². The lowest BCUT2D eigenvalue weighted by Crippen LogP contribution is -2.24. The SMILES string of the molecule is Brc1cnc(CNC2CCCc3sccc32)c(Br)c1. The van der Waals surface area contributed by atoms with E-state index in [4.69, 9.17) is 0 Å². The maximum atomic E-state index is 4.45. The predicted octanol–water partition coefficient (Wildman–Crippen LogP) is 4.84. The van der Waals surface area contributed by atoms with Gasteiger partial charge in [0.15, 0.2) is 0 Å². The van der Waals surface area contributed by atoms with Crippen molar-refractivity contribution in [3.8, 4) is 0 Å². The number of pyridine rings is 1. The molecule has 1 N–H and O–H groups in total. The van der Waals surface area contributed by atoms with E-state index in [2.05, 4.69) is 53.6 Å². The van der Waals surface area contributed by atoms with Crippen LogP contribution < -0.4 is 5.32 Å². The Bertz CT molecular complexity index is 583. The van der Waals surface area contributed by atoms with Gasteiger partial charge in [-0.15, -0.1) is 11.3 Å². The third kappa shape index (κ3) is 3.10. The van der Waals surface area contributed by atoms with E-state index in [1.165, 1.54) is 24.8 Å². The fourth-order valence-electron chi connectivity index (χ4n) is 2.49. The molecule has 1 aliphatic rings. The second-order valence-electron chi connectivity index (χ2n) is 4.71. The number of hydrogen-bond acceptors (Lipinski definition) is 3. The number of thiophene rings is 1. The molecule has 2 heterocycles. The van der Waals surface area contributed by atoms with E-state index in [0.29, 0.717) is 6.04 Å². The van der Waals surface area contributed by atoms with Crippen molar-refractivity contribution in [1.29, 1.82) is 0 Å². The molecule has 0 aliphatic heterocycles. The van der Waals surface area contributed by atoms with Gasteiger partial charge in [-0.3, -0.25) is 4.98 Å². The zero-order valence-electron chi connectivity index (χ0n) is 10.3. The smallest absolute Gasteiger partial charge is 0.0684 e. The Morgan fingerprint density at radius 1 is 1.42 bits per heavy atom. The number of fused-ring (bicyclic) bond motifs is 1. The molecule has 3 rings (SSSR count). The molecule has 0 bridgehead atoms. The summed E-state index contributed by atoms with van der Waals surface area (Å²) in [4.78, 5) is 6.00. The molecule has 100 valence electrons. The van der Waals surface area contributed by atoms with E-state index in [9.17, 15) is 0 Å². The van der Waals surface area contributed by atoms with Crippen LogP contribution in [0.3, 0.4) is 0 Å². The van der Waals surface area contributed by atoms with Crippen molar-refractivity contribution < 1.29 is 0 Å². The van der Waals surface area contributed by atoms with Crippen molar-refractivity contribution in [3.05, 3.63) is 48.8 Å². The van der Waals surface area contributed by atoms with Crippen LogP contribution in [0.25, 0.3) is 0 Å². The van der Waals surface area contributed by atoms with Crippen LogP contribution in [0.4, 0.5) is 0 Å². The molecule has 1 aliphatic carbocycles. The van der Waals surface area contributed by atoms with Gasteiger partial charge in [0.1, 0.15) is 0 Å². The van der Waals surface area contributed by atoms with Gasteiger partial charge in [0.2, 0.25) is 0 Å². The first-order chi connectivity index (χ1) is 9.24. The zero-order valence-corrected chi connectivity index (χ0v) is 14.3. The van der Waals surface area contributed by atoms with Crippen LogP contribution >= 0.6 is 43.2 Å². The number of hydrogen-bond donors (Lipinski definition) is 1. The second-order valence-corrected chi connectivity index (χ2v) is 7.48. The minimum atomic E-state index is 0.479. The lowest BCUT2D eigenvalue weighted by Gasteiger charge is -2.23. The van der Waals surface area contributed by atoms with Crippen LogP contribution in [0.2, 0.25) is 0 Å². The van der Waals surface area contributed by atoms with Crippen LogP contribution in [0.5, 0.6) is 0 Å². The van der Waals surface area contributed by atoms with Gasteiger partial charge in [0, 0.05) is 32.6 Å². The molecular weight excluding hydrogens is 388 g/mol. The molecule has 2 aromatic heterocycles. The van der Waals surface area contributed by atoms with Crippen LogP contribution in [-0.2, 0) is 13.0 Å². The highest BCUT2D eigenvalue weighted by atomic mass is 79.9. The number of nitrogens with zero attached hydrogens (tertiary/aromatic N) is 1. The normalized spacial score (nSPS) is 18.3. The van der Waals surface area contributed by atoms with Crippen molar-refractivity contribution in [2.24, 2.45) is 0 Å². The summed E-state index contributed by atoms with van der Waals surface area (Å²) >= 11 is 8.88. The molecule has 0 saturated carbocycles. The Labute approximate surface area is 133 Å². The highest BCUT2D eigenvalue weighted by Gasteiger charge is 2.20. The molecule has 2 aromatic rings. The molecule has 2 nitrogen and oxygen atoms in total. The Balaban J connectivity index is 1.71. The van der Waals surface area contributed by atoms with Crippen LogP contribution in [0.1, 0.15) is 35.0 Å². The summed E-state index contributed by atoms with van der Waals surface area (Å²) in [5.41, 5.74) is 2.55. The minimum absolute atomic E-state index is 0.479. The van der Waals surface area contributed by atoms with Crippen molar-refractivity contribution >= 4 is 43.2 Å². The maximum Gasteiger partial charge on any atom is 0.0684 e. The molecule has 0 saturated heterocycles. The lowest BCUT2D eigenvalue weighted by atomic mass is 9.94. The van der Waals surface area contributed by atoms with Gasteiger partial charge in [0.05, 0.1) is 5.69 Å². The van der Waals surface area contributed by atoms with E-state index in [1.807, 2.05) is 23.6 Å². The van der Waals surface area contributed by atoms with Crippen LogP contribution in [0.15, 0.2) is 32.7 Å². The maximum absolute atomic E-state index is 4.45. The van der Waals surface area contributed by atoms with Crippen molar-refractivity contribution in [2.45, 2.75) is 31.8 Å². The molecule has 0 spiro atoms. The molecule has 1 unspecified atom stereocenters. The summed E-state index contributed by atoms with van der Waals surface area (Å²) in [6.45, 7) is 0.799. The quantitative estimate of drug-likeness (QED) is 0.796. The van der Waals surface area contributed by atoms with E-state index < -0.39 is 0 Å². The first kappa shape index (κ1) is 13.7. The molecule has 0 fully saturated rings.